The van der Waals surface area contributed by atoms with E-state index >= 15 is 0 Å². The molecule has 3 heterocycles. The summed E-state index contributed by atoms with van der Waals surface area (Å²) in [6.07, 6.45) is 3.09. The van der Waals surface area contributed by atoms with Crippen molar-refractivity contribution in [3.05, 3.63) is 77.3 Å². The molecular weight excluding hydrogens is 360 g/mol. The van der Waals surface area contributed by atoms with Crippen LogP contribution in [0.5, 0.6) is 5.75 Å². The van der Waals surface area contributed by atoms with Crippen LogP contribution in [0.4, 0.5) is 14.5 Å². The number of anilines is 1. The zero-order valence-corrected chi connectivity index (χ0v) is 15.8. The van der Waals surface area contributed by atoms with E-state index in [2.05, 4.69) is 25.2 Å². The average molecular weight is 379 g/mol. The standard InChI is InChI=1S/C23H19F2NO2/c1-12-11-23(2,3)26-17-7-6-14-15-9-13(24)10-16(25)21(15)28-22(20(14)19(12)17)18-5-4-8-27-18/h4-11,22,26H,1-3H3. The summed E-state index contributed by atoms with van der Waals surface area (Å²) in [6.45, 7) is 6.24. The Labute approximate surface area is 161 Å². The summed E-state index contributed by atoms with van der Waals surface area (Å²) in [5, 5.41) is 3.52. The highest BCUT2D eigenvalue weighted by Crippen LogP contribution is 2.51. The van der Waals surface area contributed by atoms with Gasteiger partial charge in [-0.05, 0) is 56.2 Å². The van der Waals surface area contributed by atoms with Crippen LogP contribution in [0.3, 0.4) is 0 Å². The highest BCUT2D eigenvalue weighted by molar-refractivity contribution is 5.90. The predicted octanol–water partition coefficient (Wildman–Crippen LogP) is 6.31. The Balaban J connectivity index is 1.84. The molecule has 1 unspecified atom stereocenters. The minimum Gasteiger partial charge on any atom is -0.474 e. The fourth-order valence-corrected chi connectivity index (χ4v) is 4.35. The van der Waals surface area contributed by atoms with Gasteiger partial charge in [0, 0.05) is 28.4 Å². The molecule has 2 aliphatic rings. The zero-order valence-electron chi connectivity index (χ0n) is 15.8. The molecule has 142 valence electrons. The van der Waals surface area contributed by atoms with Gasteiger partial charge in [0.1, 0.15) is 11.6 Å². The van der Waals surface area contributed by atoms with E-state index < -0.39 is 17.7 Å². The van der Waals surface area contributed by atoms with Crippen molar-refractivity contribution < 1.29 is 17.9 Å². The lowest BCUT2D eigenvalue weighted by molar-refractivity contribution is 0.202. The van der Waals surface area contributed by atoms with Gasteiger partial charge in [0.05, 0.1) is 11.8 Å². The molecule has 0 fully saturated rings. The van der Waals surface area contributed by atoms with Crippen molar-refractivity contribution in [2.75, 3.05) is 5.32 Å². The lowest BCUT2D eigenvalue weighted by Crippen LogP contribution is -2.32. The van der Waals surface area contributed by atoms with Gasteiger partial charge in [-0.1, -0.05) is 12.1 Å². The summed E-state index contributed by atoms with van der Waals surface area (Å²) >= 11 is 0. The second-order valence-electron chi connectivity index (χ2n) is 7.90. The summed E-state index contributed by atoms with van der Waals surface area (Å²) in [7, 11) is 0. The molecule has 1 N–H and O–H groups in total. The summed E-state index contributed by atoms with van der Waals surface area (Å²) in [5.74, 6) is -0.740. The first-order valence-corrected chi connectivity index (χ1v) is 9.18. The molecular formula is C23H19F2NO2. The van der Waals surface area contributed by atoms with E-state index in [4.69, 9.17) is 9.15 Å². The number of ether oxygens (including phenoxy) is 1. The van der Waals surface area contributed by atoms with Crippen molar-refractivity contribution in [1.29, 1.82) is 0 Å². The number of nitrogens with one attached hydrogen (secondary N) is 1. The Kier molecular flexibility index (Phi) is 3.48. The number of rotatable bonds is 1. The minimum absolute atomic E-state index is 0.0426. The number of furan rings is 1. The Morgan fingerprint density at radius 1 is 1.07 bits per heavy atom. The largest absolute Gasteiger partial charge is 0.474 e. The van der Waals surface area contributed by atoms with Gasteiger partial charge in [-0.15, -0.1) is 0 Å². The topological polar surface area (TPSA) is 34.4 Å². The van der Waals surface area contributed by atoms with Crippen LogP contribution in [-0.2, 0) is 0 Å². The molecule has 0 saturated carbocycles. The molecule has 0 saturated heterocycles. The van der Waals surface area contributed by atoms with Crippen LogP contribution in [-0.4, -0.2) is 5.54 Å². The van der Waals surface area contributed by atoms with E-state index in [9.17, 15) is 8.78 Å². The molecule has 2 aromatic carbocycles. The van der Waals surface area contributed by atoms with Crippen molar-refractivity contribution >= 4 is 11.3 Å². The van der Waals surface area contributed by atoms with Gasteiger partial charge >= 0.3 is 0 Å². The Hall–Kier alpha value is -3.08. The first-order valence-electron chi connectivity index (χ1n) is 9.18. The number of hydrogen-bond donors (Lipinski definition) is 1. The van der Waals surface area contributed by atoms with Gasteiger partial charge in [-0.3, -0.25) is 0 Å². The fourth-order valence-electron chi connectivity index (χ4n) is 4.35. The SMILES string of the molecule is CC1=CC(C)(C)Nc2ccc3c(c21)C(c1ccco1)Oc1c(F)cc(F)cc1-3. The van der Waals surface area contributed by atoms with Crippen molar-refractivity contribution in [1.82, 2.24) is 0 Å². The van der Waals surface area contributed by atoms with Crippen molar-refractivity contribution in [2.45, 2.75) is 32.4 Å². The first-order chi connectivity index (χ1) is 13.3. The molecule has 5 rings (SSSR count). The second kappa shape index (κ2) is 5.71. The predicted molar refractivity (Wildman–Crippen MR) is 104 cm³/mol. The van der Waals surface area contributed by atoms with Crippen molar-refractivity contribution in [3.63, 3.8) is 0 Å². The molecule has 3 aromatic rings. The van der Waals surface area contributed by atoms with Gasteiger partial charge in [0.15, 0.2) is 17.7 Å². The third-order valence-corrected chi connectivity index (χ3v) is 5.27. The van der Waals surface area contributed by atoms with Crippen LogP contribution in [0.25, 0.3) is 16.7 Å². The number of benzene rings is 2. The molecule has 1 aromatic heterocycles. The Morgan fingerprint density at radius 3 is 2.64 bits per heavy atom. The van der Waals surface area contributed by atoms with Gasteiger partial charge in [0.2, 0.25) is 0 Å². The number of halogens is 2. The summed E-state index contributed by atoms with van der Waals surface area (Å²) in [6, 6.07) is 9.60. The number of allylic oxidation sites excluding steroid dienone is 1. The third kappa shape index (κ3) is 2.46. The maximum atomic E-state index is 14.5. The highest BCUT2D eigenvalue weighted by atomic mass is 19.1. The Bertz CT molecular complexity index is 1130. The molecule has 0 bridgehead atoms. The lowest BCUT2D eigenvalue weighted by atomic mass is 9.81. The van der Waals surface area contributed by atoms with E-state index in [1.54, 1.807) is 18.4 Å². The van der Waals surface area contributed by atoms with Crippen molar-refractivity contribution in [3.8, 4) is 16.9 Å². The van der Waals surface area contributed by atoms with Crippen molar-refractivity contribution in [2.24, 2.45) is 0 Å². The monoisotopic (exact) mass is 379 g/mol. The van der Waals surface area contributed by atoms with Crippen LogP contribution in [0.2, 0.25) is 0 Å². The molecule has 0 aliphatic carbocycles. The minimum atomic E-state index is -0.721. The second-order valence-corrected chi connectivity index (χ2v) is 7.90. The maximum absolute atomic E-state index is 14.5. The van der Waals surface area contributed by atoms with Gasteiger partial charge in [-0.2, -0.15) is 0 Å². The summed E-state index contributed by atoms with van der Waals surface area (Å²) in [4.78, 5) is 0. The Morgan fingerprint density at radius 2 is 1.89 bits per heavy atom. The van der Waals surface area contributed by atoms with E-state index in [0.717, 1.165) is 34.0 Å². The number of fused-ring (bicyclic) bond motifs is 5. The van der Waals surface area contributed by atoms with Crippen LogP contribution >= 0.6 is 0 Å². The van der Waals surface area contributed by atoms with Crippen LogP contribution in [0.1, 0.15) is 43.8 Å². The molecule has 0 radical (unpaired) electrons. The average Bonchev–Trinajstić information content (AvgIpc) is 3.13. The third-order valence-electron chi connectivity index (χ3n) is 5.27. The van der Waals surface area contributed by atoms with Crippen LogP contribution < -0.4 is 10.1 Å². The van der Waals surface area contributed by atoms with E-state index in [-0.39, 0.29) is 11.3 Å². The smallest absolute Gasteiger partial charge is 0.182 e. The molecule has 5 heteroatoms. The molecule has 0 spiro atoms. The molecule has 28 heavy (non-hydrogen) atoms. The van der Waals surface area contributed by atoms with Crippen LogP contribution in [0, 0.1) is 11.6 Å². The summed E-state index contributed by atoms with van der Waals surface area (Å²) in [5.41, 5.74) is 4.83. The summed E-state index contributed by atoms with van der Waals surface area (Å²) < 4.78 is 40.2. The fraction of sp³-hybridized carbons (Fsp3) is 0.217. The normalized spacial score (nSPS) is 18.9. The quantitative estimate of drug-likeness (QED) is 0.538. The van der Waals surface area contributed by atoms with E-state index in [1.165, 1.54) is 6.07 Å². The molecule has 3 nitrogen and oxygen atoms in total. The first kappa shape index (κ1) is 17.0. The number of hydrogen-bond acceptors (Lipinski definition) is 3. The van der Waals surface area contributed by atoms with Gasteiger partial charge in [-0.25, -0.2) is 8.78 Å². The highest BCUT2D eigenvalue weighted by Gasteiger charge is 2.36. The maximum Gasteiger partial charge on any atom is 0.182 e. The van der Waals surface area contributed by atoms with Crippen LogP contribution in [0.15, 0.2) is 53.2 Å². The van der Waals surface area contributed by atoms with E-state index in [1.807, 2.05) is 19.1 Å². The molecule has 1 atom stereocenters. The molecule has 2 aliphatic heterocycles. The lowest BCUT2D eigenvalue weighted by Gasteiger charge is -2.36. The molecule has 0 amide bonds. The zero-order chi connectivity index (χ0) is 19.6. The van der Waals surface area contributed by atoms with Gasteiger partial charge in [0.25, 0.3) is 0 Å². The van der Waals surface area contributed by atoms with Gasteiger partial charge < -0.3 is 14.5 Å². The van der Waals surface area contributed by atoms with E-state index in [0.29, 0.717) is 11.3 Å².